The first kappa shape index (κ1) is 16.5. The molecule has 0 aliphatic carbocycles. The highest BCUT2D eigenvalue weighted by atomic mass is 16.3. The number of aryl methyl sites for hydroxylation is 1. The van der Waals surface area contributed by atoms with Crippen molar-refractivity contribution in [3.8, 4) is 0 Å². The monoisotopic (exact) mass is 290 g/mol. The van der Waals surface area contributed by atoms with Gasteiger partial charge in [-0.05, 0) is 50.5 Å². The summed E-state index contributed by atoms with van der Waals surface area (Å²) in [5.41, 5.74) is 2.37. The number of aliphatic hydroxyl groups is 1. The Morgan fingerprint density at radius 2 is 1.90 bits per heavy atom. The molecule has 1 heterocycles. The molecule has 2 rings (SSSR count). The summed E-state index contributed by atoms with van der Waals surface area (Å²) in [6, 6.07) is 8.98. The van der Waals surface area contributed by atoms with Gasteiger partial charge in [0.2, 0.25) is 0 Å². The van der Waals surface area contributed by atoms with Gasteiger partial charge in [-0.3, -0.25) is 4.90 Å². The van der Waals surface area contributed by atoms with Crippen molar-refractivity contribution >= 4 is 0 Å². The highest BCUT2D eigenvalue weighted by Crippen LogP contribution is 2.19. The first-order valence-corrected chi connectivity index (χ1v) is 8.33. The minimum absolute atomic E-state index is 0.381. The van der Waals surface area contributed by atoms with Gasteiger partial charge in [-0.25, -0.2) is 0 Å². The Labute approximate surface area is 129 Å². The molecule has 1 aliphatic heterocycles. The number of rotatable bonds is 5. The van der Waals surface area contributed by atoms with Crippen LogP contribution in [0.5, 0.6) is 0 Å². The van der Waals surface area contributed by atoms with E-state index < -0.39 is 0 Å². The van der Waals surface area contributed by atoms with Crippen molar-refractivity contribution in [1.82, 2.24) is 9.80 Å². The SMILES string of the molecule is CCc1ccc(C(O)CN2CCCN(C)CC2CC)cc1. The molecule has 0 amide bonds. The van der Waals surface area contributed by atoms with E-state index in [-0.39, 0.29) is 6.10 Å². The Bertz CT molecular complexity index is 418. The molecule has 3 nitrogen and oxygen atoms in total. The molecule has 21 heavy (non-hydrogen) atoms. The summed E-state index contributed by atoms with van der Waals surface area (Å²) in [6.07, 6.45) is 3.00. The van der Waals surface area contributed by atoms with Crippen LogP contribution in [-0.2, 0) is 6.42 Å². The van der Waals surface area contributed by atoms with Crippen LogP contribution in [0.3, 0.4) is 0 Å². The van der Waals surface area contributed by atoms with E-state index in [4.69, 9.17) is 0 Å². The van der Waals surface area contributed by atoms with Crippen LogP contribution >= 0.6 is 0 Å². The third-order valence-corrected chi connectivity index (χ3v) is 4.68. The maximum atomic E-state index is 10.6. The normalized spacial score (nSPS) is 23.0. The van der Waals surface area contributed by atoms with Crippen LogP contribution in [0.2, 0.25) is 0 Å². The third kappa shape index (κ3) is 4.53. The molecule has 1 saturated heterocycles. The molecule has 2 unspecified atom stereocenters. The molecule has 0 bridgehead atoms. The summed E-state index contributed by atoms with van der Waals surface area (Å²) in [7, 11) is 2.20. The van der Waals surface area contributed by atoms with E-state index in [1.54, 1.807) is 0 Å². The van der Waals surface area contributed by atoms with Gasteiger partial charge in [0, 0.05) is 19.1 Å². The van der Waals surface area contributed by atoms with E-state index in [0.717, 1.165) is 44.6 Å². The molecule has 1 N–H and O–H groups in total. The molecule has 2 atom stereocenters. The fraction of sp³-hybridized carbons (Fsp3) is 0.667. The van der Waals surface area contributed by atoms with Gasteiger partial charge in [-0.15, -0.1) is 0 Å². The van der Waals surface area contributed by atoms with Gasteiger partial charge in [0.05, 0.1) is 6.10 Å². The van der Waals surface area contributed by atoms with Crippen molar-refractivity contribution < 1.29 is 5.11 Å². The van der Waals surface area contributed by atoms with Crippen LogP contribution in [0.1, 0.15) is 43.9 Å². The second-order valence-electron chi connectivity index (χ2n) is 6.28. The fourth-order valence-corrected chi connectivity index (χ4v) is 3.22. The van der Waals surface area contributed by atoms with Gasteiger partial charge in [0.15, 0.2) is 0 Å². The quantitative estimate of drug-likeness (QED) is 0.903. The van der Waals surface area contributed by atoms with Gasteiger partial charge in [-0.2, -0.15) is 0 Å². The van der Waals surface area contributed by atoms with Gasteiger partial charge in [-0.1, -0.05) is 38.1 Å². The lowest BCUT2D eigenvalue weighted by Gasteiger charge is -2.31. The molecule has 0 aromatic heterocycles. The minimum atomic E-state index is -0.381. The van der Waals surface area contributed by atoms with Crippen LogP contribution in [0.4, 0.5) is 0 Å². The summed E-state index contributed by atoms with van der Waals surface area (Å²) < 4.78 is 0. The maximum absolute atomic E-state index is 10.6. The van der Waals surface area contributed by atoms with E-state index in [9.17, 15) is 5.11 Å². The average molecular weight is 290 g/mol. The van der Waals surface area contributed by atoms with Crippen molar-refractivity contribution in [2.45, 2.75) is 45.3 Å². The zero-order valence-electron chi connectivity index (χ0n) is 13.8. The predicted molar refractivity (Wildman–Crippen MR) is 88.5 cm³/mol. The van der Waals surface area contributed by atoms with Crippen LogP contribution in [0, 0.1) is 0 Å². The van der Waals surface area contributed by atoms with E-state index in [1.165, 1.54) is 12.0 Å². The van der Waals surface area contributed by atoms with E-state index in [1.807, 2.05) is 0 Å². The molecule has 1 aromatic carbocycles. The van der Waals surface area contributed by atoms with Gasteiger partial charge in [0.25, 0.3) is 0 Å². The summed E-state index contributed by atoms with van der Waals surface area (Å²) >= 11 is 0. The average Bonchev–Trinajstić information content (AvgIpc) is 2.68. The predicted octanol–water partition coefficient (Wildman–Crippen LogP) is 2.70. The Morgan fingerprint density at radius 3 is 2.52 bits per heavy atom. The molecule has 0 spiro atoms. The second-order valence-corrected chi connectivity index (χ2v) is 6.28. The zero-order valence-corrected chi connectivity index (χ0v) is 13.8. The van der Waals surface area contributed by atoms with Gasteiger partial charge >= 0.3 is 0 Å². The molecular weight excluding hydrogens is 260 g/mol. The molecule has 0 radical (unpaired) electrons. The maximum Gasteiger partial charge on any atom is 0.0917 e. The Kier molecular flexibility index (Phi) is 6.22. The number of hydrogen-bond acceptors (Lipinski definition) is 3. The topological polar surface area (TPSA) is 26.7 Å². The van der Waals surface area contributed by atoms with E-state index in [2.05, 4.69) is 55.0 Å². The third-order valence-electron chi connectivity index (χ3n) is 4.68. The fourth-order valence-electron chi connectivity index (χ4n) is 3.22. The van der Waals surface area contributed by atoms with Crippen LogP contribution in [0.15, 0.2) is 24.3 Å². The summed E-state index contributed by atoms with van der Waals surface area (Å²) in [4.78, 5) is 4.89. The lowest BCUT2D eigenvalue weighted by atomic mass is 10.0. The Morgan fingerprint density at radius 1 is 1.19 bits per heavy atom. The molecule has 3 heteroatoms. The summed E-state index contributed by atoms with van der Waals surface area (Å²) in [6.45, 7) is 8.52. The number of β-amino-alcohol motifs (C(OH)–C–C–N with tert-alkyl or cyclic N) is 1. The number of aliphatic hydroxyl groups excluding tert-OH is 1. The second kappa shape index (κ2) is 7.92. The Balaban J connectivity index is 2.00. The van der Waals surface area contributed by atoms with E-state index in [0.29, 0.717) is 6.04 Å². The number of likely N-dealkylation sites (N-methyl/N-ethyl adjacent to an activating group) is 1. The van der Waals surface area contributed by atoms with Crippen LogP contribution in [0.25, 0.3) is 0 Å². The molecule has 1 fully saturated rings. The molecule has 118 valence electrons. The highest BCUT2D eigenvalue weighted by Gasteiger charge is 2.24. The van der Waals surface area contributed by atoms with Crippen LogP contribution in [-0.4, -0.2) is 54.2 Å². The van der Waals surface area contributed by atoms with Crippen molar-refractivity contribution in [3.63, 3.8) is 0 Å². The summed E-state index contributed by atoms with van der Waals surface area (Å²) in [5.74, 6) is 0. The highest BCUT2D eigenvalue weighted by molar-refractivity contribution is 5.24. The first-order chi connectivity index (χ1) is 10.1. The largest absolute Gasteiger partial charge is 0.387 e. The first-order valence-electron chi connectivity index (χ1n) is 8.33. The number of hydrogen-bond donors (Lipinski definition) is 1. The van der Waals surface area contributed by atoms with Gasteiger partial charge in [0.1, 0.15) is 0 Å². The van der Waals surface area contributed by atoms with Gasteiger partial charge < -0.3 is 10.0 Å². The molecule has 1 aromatic rings. The number of benzene rings is 1. The Hall–Kier alpha value is -0.900. The lowest BCUT2D eigenvalue weighted by molar-refractivity contribution is 0.0853. The van der Waals surface area contributed by atoms with Crippen LogP contribution < -0.4 is 0 Å². The van der Waals surface area contributed by atoms with Crippen molar-refractivity contribution in [1.29, 1.82) is 0 Å². The minimum Gasteiger partial charge on any atom is -0.387 e. The molecular formula is C18H30N2O. The lowest BCUT2D eigenvalue weighted by Crippen LogP contribution is -2.41. The molecule has 1 aliphatic rings. The van der Waals surface area contributed by atoms with Crippen molar-refractivity contribution in [3.05, 3.63) is 35.4 Å². The van der Waals surface area contributed by atoms with E-state index >= 15 is 0 Å². The molecule has 0 saturated carbocycles. The zero-order chi connectivity index (χ0) is 15.2. The number of nitrogens with zero attached hydrogens (tertiary/aromatic N) is 2. The summed E-state index contributed by atoms with van der Waals surface area (Å²) in [5, 5.41) is 10.6. The standard InChI is InChI=1S/C18H30N2O/c1-4-15-7-9-16(10-8-15)18(21)14-20-12-6-11-19(3)13-17(20)5-2/h7-10,17-18,21H,4-6,11-14H2,1-3H3. The van der Waals surface area contributed by atoms with Crippen molar-refractivity contribution in [2.24, 2.45) is 0 Å². The smallest absolute Gasteiger partial charge is 0.0917 e. The van der Waals surface area contributed by atoms with Crippen molar-refractivity contribution in [2.75, 3.05) is 33.2 Å².